The van der Waals surface area contributed by atoms with Gasteiger partial charge < -0.3 is 18.9 Å². The largest absolute Gasteiger partial charge is 0.472 e. The molecule has 0 saturated heterocycles. The highest BCUT2D eigenvalue weighted by Crippen LogP contribution is 2.43. The van der Waals surface area contributed by atoms with E-state index in [1.165, 1.54) is 128 Å². The molecule has 10 heteroatoms. The van der Waals surface area contributed by atoms with Gasteiger partial charge in [0.15, 0.2) is 6.10 Å². The van der Waals surface area contributed by atoms with E-state index in [-0.39, 0.29) is 32.0 Å². The number of phosphoric ester groups is 1. The van der Waals surface area contributed by atoms with Crippen LogP contribution in [0, 0.1) is 0 Å². The van der Waals surface area contributed by atoms with Gasteiger partial charge in [0, 0.05) is 12.8 Å². The third kappa shape index (κ3) is 71.0. The van der Waals surface area contributed by atoms with Crippen LogP contribution in [0.25, 0.3) is 0 Å². The van der Waals surface area contributed by atoms with E-state index in [9.17, 15) is 19.0 Å². The first-order chi connectivity index (χ1) is 43.0. The van der Waals surface area contributed by atoms with Gasteiger partial charge in [-0.15, -0.1) is 0 Å². The fourth-order valence-corrected chi connectivity index (χ4v) is 10.2. The quantitative estimate of drug-likeness (QED) is 0.0211. The Kier molecular flexibility index (Phi) is 64.1. The number of allylic oxidation sites excluding steroid dienone is 24. The molecule has 88 heavy (non-hydrogen) atoms. The summed E-state index contributed by atoms with van der Waals surface area (Å²) in [4.78, 5) is 35.9. The molecule has 0 aromatic carbocycles. The van der Waals surface area contributed by atoms with E-state index >= 15 is 0 Å². The number of ether oxygens (including phenoxy) is 2. The van der Waals surface area contributed by atoms with Gasteiger partial charge in [0.2, 0.25) is 0 Å². The van der Waals surface area contributed by atoms with Crippen LogP contribution >= 0.6 is 7.82 Å². The maximum absolute atomic E-state index is 12.9. The number of unbranched alkanes of at least 4 members (excludes halogenated alkanes) is 26. The molecule has 0 rings (SSSR count). The molecular weight excluding hydrogens is 1110 g/mol. The van der Waals surface area contributed by atoms with E-state index in [0.717, 1.165) is 122 Å². The summed E-state index contributed by atoms with van der Waals surface area (Å²) in [5.41, 5.74) is 0. The van der Waals surface area contributed by atoms with Crippen LogP contribution in [0.3, 0.4) is 0 Å². The normalized spacial score (nSPS) is 14.0. The lowest BCUT2D eigenvalue weighted by molar-refractivity contribution is -0.870. The molecule has 0 aromatic rings. The second-order valence-electron chi connectivity index (χ2n) is 24.5. The minimum Gasteiger partial charge on any atom is -0.462 e. The van der Waals surface area contributed by atoms with Crippen molar-refractivity contribution in [3.8, 4) is 0 Å². The molecule has 0 heterocycles. The second-order valence-corrected chi connectivity index (χ2v) is 26.0. The number of hydrogen-bond acceptors (Lipinski definition) is 7. The van der Waals surface area contributed by atoms with E-state index in [4.69, 9.17) is 18.5 Å². The molecule has 0 aliphatic carbocycles. The lowest BCUT2D eigenvalue weighted by Crippen LogP contribution is -2.37. The molecule has 502 valence electrons. The molecule has 1 N–H and O–H groups in total. The van der Waals surface area contributed by atoms with Crippen LogP contribution in [0.15, 0.2) is 146 Å². The summed E-state index contributed by atoms with van der Waals surface area (Å²) in [7, 11) is 1.46. The number of phosphoric acid groups is 1. The van der Waals surface area contributed by atoms with Crippen molar-refractivity contribution in [1.82, 2.24) is 0 Å². The number of hydrogen-bond donors (Lipinski definition) is 1. The Bertz CT molecular complexity index is 2000. The van der Waals surface area contributed by atoms with Gasteiger partial charge >= 0.3 is 19.8 Å². The predicted octanol–water partition coefficient (Wildman–Crippen LogP) is 23.4. The molecule has 0 bridgehead atoms. The van der Waals surface area contributed by atoms with Crippen LogP contribution in [-0.4, -0.2) is 74.9 Å². The Morgan fingerprint density at radius 2 is 0.648 bits per heavy atom. The molecule has 0 saturated carbocycles. The standard InChI is InChI=1S/C78H132NO8P/c1-6-8-10-12-14-16-18-20-22-24-26-28-30-31-32-33-34-35-36-37-38-39-40-41-42-43-44-45-46-47-49-51-53-55-57-59-61-63-65-67-69-71-78(81)87-76(75-86-88(82,83)85-73-72-79(3,4)5)74-84-77(80)70-68-66-64-62-60-58-56-54-52-50-48-29-27-25-23-21-19-17-15-13-11-9-7-2/h8,10,14,16,19-22,25-28,31-32,34-35,37-38,40-41,43-44,48,50,76H,6-7,9,11-13,15,17-18,23-24,29-30,33,36,39,42,45-47,49,51-75H2,1-5H3/p+1/b10-8-,16-14-,21-19-,22-20-,27-25-,28-26-,32-31-,35-34-,38-37-,41-40-,44-43-,50-48-. The van der Waals surface area contributed by atoms with Crippen LogP contribution in [-0.2, 0) is 32.7 Å². The van der Waals surface area contributed by atoms with E-state index in [2.05, 4.69) is 160 Å². The summed E-state index contributed by atoms with van der Waals surface area (Å²) < 4.78 is 34.7. The predicted molar refractivity (Wildman–Crippen MR) is 380 cm³/mol. The summed E-state index contributed by atoms with van der Waals surface area (Å²) in [6, 6.07) is 0. The molecule has 0 aliphatic heterocycles. The number of nitrogens with zero attached hydrogens (tertiary/aromatic N) is 1. The Labute approximate surface area is 542 Å². The van der Waals surface area contributed by atoms with Gasteiger partial charge in [0.1, 0.15) is 19.8 Å². The monoisotopic (exact) mass is 1240 g/mol. The molecule has 0 radical (unpaired) electrons. The number of carbonyl (C=O) groups is 2. The first-order valence-corrected chi connectivity index (χ1v) is 37.1. The van der Waals surface area contributed by atoms with Gasteiger partial charge in [-0.2, -0.15) is 0 Å². The van der Waals surface area contributed by atoms with Gasteiger partial charge in [-0.3, -0.25) is 18.6 Å². The SMILES string of the molecule is CC/C=C\C/C=C\C/C=C\C/C=C\C/C=C\C/C=C\C/C=C\C/C=C\C/C=C\CCCCCCCCCCCCCCCC(=O)OC(COC(=O)CCCCCCCCCC/C=C\C/C=C\C/C=C\CCCCCCC)COP(=O)(O)OCC[N+](C)(C)C. The number of carbonyl (C=O) groups excluding carboxylic acids is 2. The van der Waals surface area contributed by atoms with Gasteiger partial charge in [0.05, 0.1) is 27.7 Å². The highest BCUT2D eigenvalue weighted by molar-refractivity contribution is 7.47. The molecule has 2 unspecified atom stereocenters. The third-order valence-electron chi connectivity index (χ3n) is 14.9. The highest BCUT2D eigenvalue weighted by Gasteiger charge is 2.27. The summed E-state index contributed by atoms with van der Waals surface area (Å²) in [6.07, 6.45) is 99.4. The fraction of sp³-hybridized carbons (Fsp3) is 0.667. The lowest BCUT2D eigenvalue weighted by atomic mass is 10.0. The van der Waals surface area contributed by atoms with Crippen molar-refractivity contribution in [3.63, 3.8) is 0 Å². The van der Waals surface area contributed by atoms with Crippen LogP contribution in [0.1, 0.15) is 284 Å². The number of quaternary nitrogens is 1. The van der Waals surface area contributed by atoms with E-state index in [0.29, 0.717) is 17.4 Å². The summed E-state index contributed by atoms with van der Waals surface area (Å²) in [6.45, 7) is 4.30. The Hall–Kier alpha value is -4.11. The van der Waals surface area contributed by atoms with Crippen LogP contribution in [0.5, 0.6) is 0 Å². The van der Waals surface area contributed by atoms with Crippen LogP contribution < -0.4 is 0 Å². The van der Waals surface area contributed by atoms with Crippen molar-refractivity contribution in [1.29, 1.82) is 0 Å². The maximum Gasteiger partial charge on any atom is 0.472 e. The first kappa shape index (κ1) is 83.9. The second kappa shape index (κ2) is 67.3. The first-order valence-electron chi connectivity index (χ1n) is 35.6. The van der Waals surface area contributed by atoms with Crippen molar-refractivity contribution < 1.29 is 42.1 Å². The molecule has 9 nitrogen and oxygen atoms in total. The number of esters is 2. The lowest BCUT2D eigenvalue weighted by Gasteiger charge is -2.24. The van der Waals surface area contributed by atoms with Crippen LogP contribution in [0.4, 0.5) is 0 Å². The van der Waals surface area contributed by atoms with E-state index in [1.54, 1.807) is 0 Å². The van der Waals surface area contributed by atoms with Gasteiger partial charge in [-0.05, 0) is 122 Å². The molecule has 0 aromatic heterocycles. The zero-order chi connectivity index (χ0) is 64.1. The molecule has 0 fully saturated rings. The summed E-state index contributed by atoms with van der Waals surface area (Å²) in [5, 5.41) is 0. The van der Waals surface area contributed by atoms with Gasteiger partial charge in [0.25, 0.3) is 0 Å². The smallest absolute Gasteiger partial charge is 0.462 e. The zero-order valence-corrected chi connectivity index (χ0v) is 58.1. The Morgan fingerprint density at radius 1 is 0.364 bits per heavy atom. The van der Waals surface area contributed by atoms with Crippen LogP contribution in [0.2, 0.25) is 0 Å². The minimum absolute atomic E-state index is 0.0243. The fourth-order valence-electron chi connectivity index (χ4n) is 9.43. The zero-order valence-electron chi connectivity index (χ0n) is 57.2. The maximum atomic E-state index is 12.9. The number of rotatable bonds is 64. The molecule has 2 atom stereocenters. The average Bonchev–Trinajstić information content (AvgIpc) is 3.58. The number of likely N-dealkylation sites (N-methyl/N-ethyl adjacent to an activating group) is 1. The highest BCUT2D eigenvalue weighted by atomic mass is 31.2. The summed E-state index contributed by atoms with van der Waals surface area (Å²) >= 11 is 0. The molecular formula is C78H133NO8P+. The van der Waals surface area contributed by atoms with E-state index in [1.807, 2.05) is 21.1 Å². The molecule has 0 amide bonds. The van der Waals surface area contributed by atoms with Gasteiger partial charge in [-0.1, -0.05) is 295 Å². The van der Waals surface area contributed by atoms with Crippen molar-refractivity contribution in [2.45, 2.75) is 290 Å². The topological polar surface area (TPSA) is 108 Å². The van der Waals surface area contributed by atoms with Crippen molar-refractivity contribution in [3.05, 3.63) is 146 Å². The van der Waals surface area contributed by atoms with Crippen molar-refractivity contribution in [2.75, 3.05) is 47.5 Å². The Balaban J connectivity index is 4.07. The molecule has 0 spiro atoms. The van der Waals surface area contributed by atoms with Crippen molar-refractivity contribution >= 4 is 19.8 Å². The summed E-state index contributed by atoms with van der Waals surface area (Å²) in [5.74, 6) is -0.809. The average molecular weight is 1240 g/mol. The Morgan fingerprint density at radius 3 is 0.966 bits per heavy atom. The molecule has 0 aliphatic rings. The van der Waals surface area contributed by atoms with Gasteiger partial charge in [-0.25, -0.2) is 4.57 Å². The third-order valence-corrected chi connectivity index (χ3v) is 15.8. The minimum atomic E-state index is -4.40. The van der Waals surface area contributed by atoms with Crippen molar-refractivity contribution in [2.24, 2.45) is 0 Å². The van der Waals surface area contributed by atoms with E-state index < -0.39 is 26.5 Å².